The molecule has 0 heterocycles. The van der Waals surface area contributed by atoms with E-state index in [0.29, 0.717) is 0 Å². The second kappa shape index (κ2) is 3.95. The van der Waals surface area contributed by atoms with Gasteiger partial charge in [-0.05, 0) is 24.1 Å². The molecule has 1 unspecified atom stereocenters. The average molecular weight is 178 g/mol. The van der Waals surface area contributed by atoms with Crippen LogP contribution >= 0.6 is 0 Å². The molecular formula is C11H16BF. The van der Waals surface area contributed by atoms with Crippen LogP contribution in [-0.2, 0) is 6.42 Å². The summed E-state index contributed by atoms with van der Waals surface area (Å²) in [6.45, 7) is 4.37. The maximum atomic E-state index is 12.8. The number of rotatable bonds is 3. The summed E-state index contributed by atoms with van der Waals surface area (Å²) < 4.78 is 12.8. The van der Waals surface area contributed by atoms with E-state index >= 15 is 0 Å². The van der Waals surface area contributed by atoms with Crippen molar-refractivity contribution in [3.05, 3.63) is 35.6 Å². The molecule has 1 aromatic rings. The zero-order chi connectivity index (χ0) is 9.90. The minimum absolute atomic E-state index is 0.135. The number of hydrogen-bond donors (Lipinski definition) is 0. The first-order valence-corrected chi connectivity index (χ1v) is 4.78. The molecule has 70 valence electrons. The van der Waals surface area contributed by atoms with Crippen LogP contribution < -0.4 is 0 Å². The third kappa shape index (κ3) is 3.21. The van der Waals surface area contributed by atoms with Gasteiger partial charge in [-0.15, -0.1) is 0 Å². The minimum atomic E-state index is -0.135. The van der Waals surface area contributed by atoms with Gasteiger partial charge < -0.3 is 0 Å². The second-order valence-electron chi connectivity index (χ2n) is 4.32. The van der Waals surface area contributed by atoms with Gasteiger partial charge in [0.25, 0.3) is 0 Å². The molecule has 0 radical (unpaired) electrons. The molecule has 0 amide bonds. The summed E-state index contributed by atoms with van der Waals surface area (Å²) in [7, 11) is 2.21. The van der Waals surface area contributed by atoms with E-state index in [-0.39, 0.29) is 11.1 Å². The summed E-state index contributed by atoms with van der Waals surface area (Å²) in [4.78, 5) is 0. The van der Waals surface area contributed by atoms with Gasteiger partial charge >= 0.3 is 0 Å². The lowest BCUT2D eigenvalue weighted by molar-refractivity contribution is 0.580. The van der Waals surface area contributed by atoms with Gasteiger partial charge in [0.1, 0.15) is 13.7 Å². The summed E-state index contributed by atoms with van der Waals surface area (Å²) in [5.41, 5.74) is 1.09. The summed E-state index contributed by atoms with van der Waals surface area (Å²) in [5, 5.41) is 0.272. The minimum Gasteiger partial charge on any atom is -0.207 e. The Morgan fingerprint density at radius 2 is 2.15 bits per heavy atom. The van der Waals surface area contributed by atoms with Crippen molar-refractivity contribution in [2.24, 2.45) is 0 Å². The van der Waals surface area contributed by atoms with E-state index in [1.807, 2.05) is 6.07 Å². The molecule has 0 N–H and O–H groups in total. The quantitative estimate of drug-likeness (QED) is 0.624. The van der Waals surface area contributed by atoms with Crippen molar-refractivity contribution in [1.29, 1.82) is 0 Å². The van der Waals surface area contributed by atoms with Gasteiger partial charge in [0.15, 0.2) is 0 Å². The molecule has 0 fully saturated rings. The van der Waals surface area contributed by atoms with Crippen LogP contribution in [0.25, 0.3) is 0 Å². The number of halogens is 1. The van der Waals surface area contributed by atoms with Gasteiger partial charge in [-0.3, -0.25) is 0 Å². The highest BCUT2D eigenvalue weighted by atomic mass is 19.1. The van der Waals surface area contributed by atoms with Crippen molar-refractivity contribution in [3.8, 4) is 0 Å². The van der Waals surface area contributed by atoms with Crippen molar-refractivity contribution >= 4 is 7.85 Å². The van der Waals surface area contributed by atoms with E-state index in [1.165, 1.54) is 6.07 Å². The zero-order valence-electron chi connectivity index (χ0n) is 8.60. The summed E-state index contributed by atoms with van der Waals surface area (Å²) in [5.74, 6) is -0.135. The Balaban J connectivity index is 2.74. The van der Waals surface area contributed by atoms with E-state index in [9.17, 15) is 4.39 Å². The van der Waals surface area contributed by atoms with E-state index in [2.05, 4.69) is 21.7 Å². The molecule has 13 heavy (non-hydrogen) atoms. The van der Waals surface area contributed by atoms with Crippen LogP contribution in [0.4, 0.5) is 4.39 Å². The van der Waals surface area contributed by atoms with Crippen molar-refractivity contribution in [2.75, 3.05) is 0 Å². The van der Waals surface area contributed by atoms with Crippen molar-refractivity contribution < 1.29 is 4.39 Å². The summed E-state index contributed by atoms with van der Waals surface area (Å²) in [6, 6.07) is 6.87. The maximum Gasteiger partial charge on any atom is 0.123 e. The van der Waals surface area contributed by atoms with Crippen LogP contribution in [0.15, 0.2) is 24.3 Å². The molecule has 0 aliphatic carbocycles. The molecule has 0 bridgehead atoms. The number of benzene rings is 1. The SMILES string of the molecule is BC(C)(CC)Cc1cccc(F)c1. The maximum absolute atomic E-state index is 12.8. The van der Waals surface area contributed by atoms with Gasteiger partial charge in [-0.1, -0.05) is 37.7 Å². The molecule has 0 saturated heterocycles. The van der Waals surface area contributed by atoms with E-state index < -0.39 is 0 Å². The third-order valence-corrected chi connectivity index (χ3v) is 2.53. The highest BCUT2D eigenvalue weighted by Crippen LogP contribution is 2.29. The molecule has 1 aromatic carbocycles. The fraction of sp³-hybridized carbons (Fsp3) is 0.455. The Bertz CT molecular complexity index is 281. The first-order valence-electron chi connectivity index (χ1n) is 4.78. The predicted molar refractivity (Wildman–Crippen MR) is 57.3 cm³/mol. The van der Waals surface area contributed by atoms with Crippen molar-refractivity contribution in [1.82, 2.24) is 0 Å². The first-order chi connectivity index (χ1) is 6.03. The van der Waals surface area contributed by atoms with Gasteiger partial charge in [0, 0.05) is 0 Å². The van der Waals surface area contributed by atoms with E-state index in [0.717, 1.165) is 18.4 Å². The van der Waals surface area contributed by atoms with Crippen LogP contribution in [0.2, 0.25) is 5.31 Å². The Morgan fingerprint density at radius 3 is 2.69 bits per heavy atom. The molecular weight excluding hydrogens is 162 g/mol. The summed E-state index contributed by atoms with van der Waals surface area (Å²) >= 11 is 0. The monoisotopic (exact) mass is 178 g/mol. The van der Waals surface area contributed by atoms with Gasteiger partial charge in [-0.2, -0.15) is 0 Å². The summed E-state index contributed by atoms with van der Waals surface area (Å²) in [6.07, 6.45) is 2.06. The van der Waals surface area contributed by atoms with Crippen LogP contribution in [0.5, 0.6) is 0 Å². The standard InChI is InChI=1S/C11H16BF/c1-3-11(2,12)8-9-5-4-6-10(13)7-9/h4-7H,3,8,12H2,1-2H3. The van der Waals surface area contributed by atoms with Gasteiger partial charge in [-0.25, -0.2) is 4.39 Å². The molecule has 1 rings (SSSR count). The van der Waals surface area contributed by atoms with Crippen LogP contribution in [-0.4, -0.2) is 7.85 Å². The van der Waals surface area contributed by atoms with E-state index in [1.54, 1.807) is 12.1 Å². The lowest BCUT2D eigenvalue weighted by atomic mass is 9.65. The Kier molecular flexibility index (Phi) is 3.13. The van der Waals surface area contributed by atoms with E-state index in [4.69, 9.17) is 0 Å². The number of hydrogen-bond acceptors (Lipinski definition) is 0. The lowest BCUT2D eigenvalue weighted by Crippen LogP contribution is -2.10. The molecule has 1 atom stereocenters. The van der Waals surface area contributed by atoms with Crippen LogP contribution in [0.1, 0.15) is 25.8 Å². The molecule has 0 spiro atoms. The molecule has 0 aromatic heterocycles. The zero-order valence-corrected chi connectivity index (χ0v) is 8.60. The first kappa shape index (κ1) is 10.3. The molecule has 0 nitrogen and oxygen atoms in total. The van der Waals surface area contributed by atoms with Gasteiger partial charge in [0.05, 0.1) is 0 Å². The molecule has 0 aliphatic heterocycles. The molecule has 2 heteroatoms. The molecule has 0 aliphatic rings. The fourth-order valence-corrected chi connectivity index (χ4v) is 1.32. The van der Waals surface area contributed by atoms with Crippen LogP contribution in [0, 0.1) is 5.82 Å². The highest BCUT2D eigenvalue weighted by molar-refractivity contribution is 6.14. The molecule has 0 saturated carbocycles. The lowest BCUT2D eigenvalue weighted by Gasteiger charge is -2.22. The van der Waals surface area contributed by atoms with Crippen molar-refractivity contribution in [3.63, 3.8) is 0 Å². The predicted octanol–water partition coefficient (Wildman–Crippen LogP) is 2.59. The second-order valence-corrected chi connectivity index (χ2v) is 4.32. The van der Waals surface area contributed by atoms with Crippen molar-refractivity contribution in [2.45, 2.75) is 32.0 Å². The Hall–Kier alpha value is -0.785. The highest BCUT2D eigenvalue weighted by Gasteiger charge is 2.15. The van der Waals surface area contributed by atoms with Crippen LogP contribution in [0.3, 0.4) is 0 Å². The largest absolute Gasteiger partial charge is 0.207 e. The van der Waals surface area contributed by atoms with Gasteiger partial charge in [0.2, 0.25) is 0 Å². The fourth-order valence-electron chi connectivity index (χ4n) is 1.32. The average Bonchev–Trinajstić information content (AvgIpc) is 2.03. The Labute approximate surface area is 80.6 Å². The topological polar surface area (TPSA) is 0 Å². The third-order valence-electron chi connectivity index (χ3n) is 2.53. The normalized spacial score (nSPS) is 15.3. The smallest absolute Gasteiger partial charge is 0.123 e. The Morgan fingerprint density at radius 1 is 1.46 bits per heavy atom.